The van der Waals surface area contributed by atoms with Crippen LogP contribution in [0, 0.1) is 0 Å². The highest BCUT2D eigenvalue weighted by Gasteiger charge is 1.99. The zero-order chi connectivity index (χ0) is 8.69. The van der Waals surface area contributed by atoms with E-state index in [0.717, 1.165) is 12.8 Å². The molecular formula is C7H14ClNO2. The van der Waals surface area contributed by atoms with E-state index >= 15 is 0 Å². The van der Waals surface area contributed by atoms with Crippen LogP contribution in [0.1, 0.15) is 19.8 Å². The van der Waals surface area contributed by atoms with Crippen molar-refractivity contribution < 1.29 is 9.53 Å². The quantitative estimate of drug-likeness (QED) is 0.388. The normalized spacial score (nSPS) is 12.6. The Bertz CT molecular complexity index is 119. The standard InChI is InChI=1S/C7H14ClNO2/c1-6(10)11-4-2-3-7(9)5-8/h7H,2-5,9H2,1H3. The molecule has 0 aliphatic carbocycles. The summed E-state index contributed by atoms with van der Waals surface area (Å²) < 4.78 is 4.70. The Morgan fingerprint density at radius 2 is 2.36 bits per heavy atom. The van der Waals surface area contributed by atoms with Crippen LogP contribution in [0.25, 0.3) is 0 Å². The molecule has 0 aromatic carbocycles. The van der Waals surface area contributed by atoms with Crippen molar-refractivity contribution in [2.45, 2.75) is 25.8 Å². The second kappa shape index (κ2) is 6.43. The summed E-state index contributed by atoms with van der Waals surface area (Å²) in [6.07, 6.45) is 1.59. The summed E-state index contributed by atoms with van der Waals surface area (Å²) in [5.41, 5.74) is 5.52. The smallest absolute Gasteiger partial charge is 0.302 e. The van der Waals surface area contributed by atoms with Crippen LogP contribution in [-0.4, -0.2) is 24.5 Å². The number of esters is 1. The maximum absolute atomic E-state index is 10.3. The van der Waals surface area contributed by atoms with Gasteiger partial charge < -0.3 is 10.5 Å². The lowest BCUT2D eigenvalue weighted by Crippen LogP contribution is -2.22. The minimum atomic E-state index is -0.246. The number of carbonyl (C=O) groups is 1. The summed E-state index contributed by atoms with van der Waals surface area (Å²) in [4.78, 5) is 10.3. The molecule has 66 valence electrons. The zero-order valence-corrected chi connectivity index (χ0v) is 7.43. The van der Waals surface area contributed by atoms with Gasteiger partial charge in [-0.3, -0.25) is 4.79 Å². The average molecular weight is 180 g/mol. The topological polar surface area (TPSA) is 52.3 Å². The Kier molecular flexibility index (Phi) is 6.27. The molecule has 0 aliphatic heterocycles. The lowest BCUT2D eigenvalue weighted by Gasteiger charge is -2.06. The minimum Gasteiger partial charge on any atom is -0.466 e. The average Bonchev–Trinajstić information content (AvgIpc) is 1.97. The first kappa shape index (κ1) is 10.7. The van der Waals surface area contributed by atoms with E-state index in [2.05, 4.69) is 0 Å². The van der Waals surface area contributed by atoms with Crippen LogP contribution in [0.15, 0.2) is 0 Å². The number of rotatable bonds is 5. The van der Waals surface area contributed by atoms with Crippen molar-refractivity contribution in [3.63, 3.8) is 0 Å². The van der Waals surface area contributed by atoms with Gasteiger partial charge in [0.15, 0.2) is 0 Å². The van der Waals surface area contributed by atoms with Gasteiger partial charge in [0.25, 0.3) is 0 Å². The Hall–Kier alpha value is -0.280. The van der Waals surface area contributed by atoms with Crippen LogP contribution in [0.4, 0.5) is 0 Å². The predicted molar refractivity (Wildman–Crippen MR) is 44.6 cm³/mol. The minimum absolute atomic E-state index is 0.0206. The highest BCUT2D eigenvalue weighted by molar-refractivity contribution is 6.18. The molecule has 4 heteroatoms. The van der Waals surface area contributed by atoms with Gasteiger partial charge in [-0.25, -0.2) is 0 Å². The van der Waals surface area contributed by atoms with E-state index in [-0.39, 0.29) is 12.0 Å². The van der Waals surface area contributed by atoms with Gasteiger partial charge in [-0.15, -0.1) is 11.6 Å². The molecule has 0 amide bonds. The number of hydrogen-bond donors (Lipinski definition) is 1. The van der Waals surface area contributed by atoms with Crippen molar-refractivity contribution in [1.82, 2.24) is 0 Å². The molecule has 1 atom stereocenters. The van der Waals surface area contributed by atoms with Gasteiger partial charge in [0.05, 0.1) is 6.61 Å². The van der Waals surface area contributed by atoms with E-state index in [1.165, 1.54) is 6.92 Å². The first-order valence-corrected chi connectivity index (χ1v) is 4.15. The maximum Gasteiger partial charge on any atom is 0.302 e. The number of carbonyl (C=O) groups excluding carboxylic acids is 1. The maximum atomic E-state index is 10.3. The molecule has 11 heavy (non-hydrogen) atoms. The third-order valence-electron chi connectivity index (χ3n) is 1.22. The number of nitrogens with two attached hydrogens (primary N) is 1. The predicted octanol–water partition coefficient (Wildman–Crippen LogP) is 0.896. The summed E-state index contributed by atoms with van der Waals surface area (Å²) in [6, 6.07) is 0.0206. The molecule has 1 unspecified atom stereocenters. The molecule has 0 radical (unpaired) electrons. The van der Waals surface area contributed by atoms with Gasteiger partial charge in [0, 0.05) is 18.8 Å². The molecule has 0 aromatic rings. The second-order valence-corrected chi connectivity index (χ2v) is 2.71. The lowest BCUT2D eigenvalue weighted by atomic mass is 10.2. The molecule has 0 aromatic heterocycles. The van der Waals surface area contributed by atoms with Crippen LogP contribution >= 0.6 is 11.6 Å². The number of hydrogen-bond acceptors (Lipinski definition) is 3. The van der Waals surface area contributed by atoms with E-state index < -0.39 is 0 Å². The summed E-state index contributed by atoms with van der Waals surface area (Å²) in [7, 11) is 0. The molecule has 0 rings (SSSR count). The number of ether oxygens (including phenoxy) is 1. The first-order chi connectivity index (χ1) is 5.16. The third-order valence-corrected chi connectivity index (χ3v) is 1.62. The molecule has 3 nitrogen and oxygen atoms in total. The third kappa shape index (κ3) is 7.62. The van der Waals surface area contributed by atoms with Gasteiger partial charge in [0.1, 0.15) is 0 Å². The Morgan fingerprint density at radius 1 is 1.73 bits per heavy atom. The van der Waals surface area contributed by atoms with Crippen LogP contribution in [0.5, 0.6) is 0 Å². The van der Waals surface area contributed by atoms with Crippen molar-refractivity contribution in [1.29, 1.82) is 0 Å². The van der Waals surface area contributed by atoms with E-state index in [1.807, 2.05) is 0 Å². The summed E-state index contributed by atoms with van der Waals surface area (Å²) in [5, 5.41) is 0. The molecule has 0 spiro atoms. The van der Waals surface area contributed by atoms with Crippen LogP contribution in [0.2, 0.25) is 0 Å². The molecule has 0 bridgehead atoms. The van der Waals surface area contributed by atoms with Crippen molar-refractivity contribution in [3.05, 3.63) is 0 Å². The van der Waals surface area contributed by atoms with E-state index in [4.69, 9.17) is 22.1 Å². The van der Waals surface area contributed by atoms with E-state index in [0.29, 0.717) is 12.5 Å². The lowest BCUT2D eigenvalue weighted by molar-refractivity contribution is -0.141. The zero-order valence-electron chi connectivity index (χ0n) is 6.68. The second-order valence-electron chi connectivity index (χ2n) is 2.40. The molecule has 0 aliphatic rings. The summed E-state index contributed by atoms with van der Waals surface area (Å²) in [5.74, 6) is 0.213. The highest BCUT2D eigenvalue weighted by Crippen LogP contribution is 1.96. The molecule has 0 saturated carbocycles. The van der Waals surface area contributed by atoms with Gasteiger partial charge in [0.2, 0.25) is 0 Å². The molecule has 0 fully saturated rings. The molecular weight excluding hydrogens is 166 g/mol. The number of halogens is 1. The van der Waals surface area contributed by atoms with Crippen LogP contribution in [-0.2, 0) is 9.53 Å². The monoisotopic (exact) mass is 179 g/mol. The fraction of sp³-hybridized carbons (Fsp3) is 0.857. The Balaban J connectivity index is 3.08. The van der Waals surface area contributed by atoms with Crippen molar-refractivity contribution >= 4 is 17.6 Å². The van der Waals surface area contributed by atoms with Crippen molar-refractivity contribution in [2.24, 2.45) is 5.73 Å². The van der Waals surface area contributed by atoms with Gasteiger partial charge in [-0.1, -0.05) is 0 Å². The van der Waals surface area contributed by atoms with Gasteiger partial charge >= 0.3 is 5.97 Å². The van der Waals surface area contributed by atoms with Crippen molar-refractivity contribution in [2.75, 3.05) is 12.5 Å². The van der Waals surface area contributed by atoms with E-state index in [9.17, 15) is 4.79 Å². The van der Waals surface area contributed by atoms with Crippen LogP contribution in [0.3, 0.4) is 0 Å². The molecule has 2 N–H and O–H groups in total. The molecule has 0 saturated heterocycles. The number of alkyl halides is 1. The molecule has 0 heterocycles. The fourth-order valence-electron chi connectivity index (χ4n) is 0.639. The van der Waals surface area contributed by atoms with Crippen LogP contribution < -0.4 is 5.73 Å². The SMILES string of the molecule is CC(=O)OCCCC(N)CCl. The summed E-state index contributed by atoms with van der Waals surface area (Å²) in [6.45, 7) is 1.83. The van der Waals surface area contributed by atoms with Gasteiger partial charge in [-0.05, 0) is 12.8 Å². The van der Waals surface area contributed by atoms with Crippen molar-refractivity contribution in [3.8, 4) is 0 Å². The van der Waals surface area contributed by atoms with Gasteiger partial charge in [-0.2, -0.15) is 0 Å². The Morgan fingerprint density at radius 3 is 2.82 bits per heavy atom. The first-order valence-electron chi connectivity index (χ1n) is 3.61. The fourth-order valence-corrected chi connectivity index (χ4v) is 0.793. The van der Waals surface area contributed by atoms with E-state index in [1.54, 1.807) is 0 Å². The largest absolute Gasteiger partial charge is 0.466 e. The highest BCUT2D eigenvalue weighted by atomic mass is 35.5. The Labute approximate surface area is 71.8 Å². The summed E-state index contributed by atoms with van der Waals surface area (Å²) >= 11 is 5.46.